The second-order valence-electron chi connectivity index (χ2n) is 2.17. The summed E-state index contributed by atoms with van der Waals surface area (Å²) in [6.07, 6.45) is 0. The SMILES string of the molecule is O=S(=O)(Cl)c1cc(F)c(Br)cc1O. The molecule has 0 amide bonds. The lowest BCUT2D eigenvalue weighted by Gasteiger charge is -2.01. The number of hydrogen-bond acceptors (Lipinski definition) is 3. The van der Waals surface area contributed by atoms with Crippen LogP contribution in [0.25, 0.3) is 0 Å². The Kier molecular flexibility index (Phi) is 2.84. The van der Waals surface area contributed by atoms with E-state index in [-0.39, 0.29) is 4.47 Å². The zero-order valence-electron chi connectivity index (χ0n) is 5.96. The van der Waals surface area contributed by atoms with Gasteiger partial charge in [0, 0.05) is 10.7 Å². The van der Waals surface area contributed by atoms with Gasteiger partial charge in [0.05, 0.1) is 4.47 Å². The van der Waals surface area contributed by atoms with E-state index >= 15 is 0 Å². The molecule has 13 heavy (non-hydrogen) atoms. The van der Waals surface area contributed by atoms with Gasteiger partial charge in [-0.2, -0.15) is 0 Å². The fraction of sp³-hybridized carbons (Fsp3) is 0. The van der Waals surface area contributed by atoms with E-state index in [4.69, 9.17) is 15.8 Å². The number of hydrogen-bond donors (Lipinski definition) is 1. The van der Waals surface area contributed by atoms with Gasteiger partial charge >= 0.3 is 0 Å². The largest absolute Gasteiger partial charge is 0.506 e. The first kappa shape index (κ1) is 10.7. The Balaban J connectivity index is 3.50. The molecule has 1 rings (SSSR count). The first-order valence-corrected chi connectivity index (χ1v) is 6.05. The average Bonchev–Trinajstić information content (AvgIpc) is 1.94. The van der Waals surface area contributed by atoms with Crippen LogP contribution in [0.1, 0.15) is 0 Å². The number of aromatic hydroxyl groups is 1. The van der Waals surface area contributed by atoms with Crippen LogP contribution >= 0.6 is 26.6 Å². The molecular formula is C6H3BrClFO3S. The molecule has 0 unspecified atom stereocenters. The molecule has 0 saturated carbocycles. The van der Waals surface area contributed by atoms with Gasteiger partial charge in [0.2, 0.25) is 0 Å². The van der Waals surface area contributed by atoms with Crippen molar-refractivity contribution in [3.63, 3.8) is 0 Å². The third kappa shape index (κ3) is 2.32. The second kappa shape index (κ2) is 3.43. The van der Waals surface area contributed by atoms with E-state index in [0.29, 0.717) is 6.07 Å². The van der Waals surface area contributed by atoms with Crippen LogP contribution in [0.15, 0.2) is 21.5 Å². The zero-order chi connectivity index (χ0) is 10.2. The standard InChI is InChI=1S/C6H3BrClFO3S/c7-3-1-5(10)6(2-4(3)9)13(8,11)12/h1-2,10H. The Morgan fingerprint density at radius 2 is 2.00 bits per heavy atom. The highest BCUT2D eigenvalue weighted by molar-refractivity contribution is 9.10. The highest BCUT2D eigenvalue weighted by Crippen LogP contribution is 2.30. The molecule has 0 bridgehead atoms. The Hall–Kier alpha value is -0.330. The average molecular weight is 290 g/mol. The Labute approximate surface area is 86.7 Å². The minimum atomic E-state index is -4.11. The van der Waals surface area contributed by atoms with Crippen molar-refractivity contribution in [2.24, 2.45) is 0 Å². The van der Waals surface area contributed by atoms with Gasteiger partial charge in [0.1, 0.15) is 16.5 Å². The van der Waals surface area contributed by atoms with Crippen LogP contribution in [0, 0.1) is 5.82 Å². The third-order valence-electron chi connectivity index (χ3n) is 1.26. The van der Waals surface area contributed by atoms with E-state index in [1.54, 1.807) is 0 Å². The number of phenols is 1. The summed E-state index contributed by atoms with van der Waals surface area (Å²) in [5.74, 6) is -1.40. The van der Waals surface area contributed by atoms with E-state index < -0.39 is 25.5 Å². The molecule has 0 spiro atoms. The molecule has 1 aromatic carbocycles. The van der Waals surface area contributed by atoms with Gasteiger partial charge in [-0.15, -0.1) is 0 Å². The van der Waals surface area contributed by atoms with Gasteiger partial charge in [0.25, 0.3) is 9.05 Å². The monoisotopic (exact) mass is 288 g/mol. The van der Waals surface area contributed by atoms with Crippen LogP contribution in [0.5, 0.6) is 5.75 Å². The van der Waals surface area contributed by atoms with E-state index in [9.17, 15) is 12.8 Å². The fourth-order valence-electron chi connectivity index (χ4n) is 0.713. The molecule has 0 aliphatic carbocycles. The van der Waals surface area contributed by atoms with Crippen molar-refractivity contribution in [1.82, 2.24) is 0 Å². The maximum absolute atomic E-state index is 12.8. The summed E-state index contributed by atoms with van der Waals surface area (Å²) in [6.45, 7) is 0. The van der Waals surface area contributed by atoms with Crippen molar-refractivity contribution in [2.45, 2.75) is 4.90 Å². The maximum atomic E-state index is 12.8. The summed E-state index contributed by atoms with van der Waals surface area (Å²) in [5.41, 5.74) is 0. The molecule has 0 heterocycles. The summed E-state index contributed by atoms with van der Waals surface area (Å²) in [5, 5.41) is 9.09. The van der Waals surface area contributed by atoms with Gasteiger partial charge in [-0.05, 0) is 28.1 Å². The maximum Gasteiger partial charge on any atom is 0.265 e. The van der Waals surface area contributed by atoms with Crippen LogP contribution in [0.2, 0.25) is 0 Å². The Morgan fingerprint density at radius 1 is 1.46 bits per heavy atom. The third-order valence-corrected chi connectivity index (χ3v) is 3.22. The highest BCUT2D eigenvalue weighted by atomic mass is 79.9. The molecule has 0 radical (unpaired) electrons. The predicted octanol–water partition coefficient (Wildman–Crippen LogP) is 2.22. The Morgan fingerprint density at radius 3 is 2.46 bits per heavy atom. The number of halogens is 3. The lowest BCUT2D eigenvalue weighted by atomic mass is 10.3. The fourth-order valence-corrected chi connectivity index (χ4v) is 1.97. The topological polar surface area (TPSA) is 54.4 Å². The molecule has 0 saturated heterocycles. The number of rotatable bonds is 1. The predicted molar refractivity (Wildman–Crippen MR) is 48.8 cm³/mol. The quantitative estimate of drug-likeness (QED) is 0.807. The van der Waals surface area contributed by atoms with E-state index in [2.05, 4.69) is 15.9 Å². The van der Waals surface area contributed by atoms with Crippen LogP contribution in [0.3, 0.4) is 0 Å². The van der Waals surface area contributed by atoms with E-state index in [0.717, 1.165) is 6.07 Å². The smallest absolute Gasteiger partial charge is 0.265 e. The lowest BCUT2D eigenvalue weighted by molar-refractivity contribution is 0.455. The van der Waals surface area contributed by atoms with Crippen molar-refractivity contribution in [3.05, 3.63) is 22.4 Å². The number of benzene rings is 1. The normalized spacial score (nSPS) is 11.6. The molecule has 72 valence electrons. The molecule has 1 N–H and O–H groups in total. The summed E-state index contributed by atoms with van der Waals surface area (Å²) in [7, 11) is 0.807. The zero-order valence-corrected chi connectivity index (χ0v) is 9.12. The molecule has 7 heteroatoms. The van der Waals surface area contributed by atoms with Gasteiger partial charge < -0.3 is 5.11 Å². The summed E-state index contributed by atoms with van der Waals surface area (Å²) >= 11 is 2.77. The van der Waals surface area contributed by atoms with Crippen LogP contribution in [-0.2, 0) is 9.05 Å². The van der Waals surface area contributed by atoms with E-state index in [1.165, 1.54) is 0 Å². The van der Waals surface area contributed by atoms with Crippen LogP contribution in [-0.4, -0.2) is 13.5 Å². The van der Waals surface area contributed by atoms with E-state index in [1.807, 2.05) is 0 Å². The van der Waals surface area contributed by atoms with Gasteiger partial charge in [0.15, 0.2) is 0 Å². The highest BCUT2D eigenvalue weighted by Gasteiger charge is 2.18. The van der Waals surface area contributed by atoms with Crippen molar-refractivity contribution < 1.29 is 17.9 Å². The molecule has 0 aliphatic rings. The first-order chi connectivity index (χ1) is 5.82. The van der Waals surface area contributed by atoms with Gasteiger partial charge in [-0.25, -0.2) is 12.8 Å². The molecule has 1 aromatic rings. The second-order valence-corrected chi connectivity index (χ2v) is 5.56. The van der Waals surface area contributed by atoms with Gasteiger partial charge in [-0.3, -0.25) is 0 Å². The first-order valence-electron chi connectivity index (χ1n) is 2.95. The minimum absolute atomic E-state index is 0.0333. The van der Waals surface area contributed by atoms with Crippen molar-refractivity contribution in [1.29, 1.82) is 0 Å². The van der Waals surface area contributed by atoms with Crippen LogP contribution in [0.4, 0.5) is 4.39 Å². The molecule has 0 atom stereocenters. The van der Waals surface area contributed by atoms with Crippen molar-refractivity contribution >= 4 is 35.7 Å². The molecule has 0 fully saturated rings. The van der Waals surface area contributed by atoms with Gasteiger partial charge in [-0.1, -0.05) is 0 Å². The lowest BCUT2D eigenvalue weighted by Crippen LogP contribution is -1.93. The molecule has 3 nitrogen and oxygen atoms in total. The summed E-state index contributed by atoms with van der Waals surface area (Å²) < 4.78 is 34.3. The Bertz CT molecular complexity index is 445. The summed E-state index contributed by atoms with van der Waals surface area (Å²) in [6, 6.07) is 1.56. The van der Waals surface area contributed by atoms with Crippen LogP contribution < -0.4 is 0 Å². The summed E-state index contributed by atoms with van der Waals surface area (Å²) in [4.78, 5) is -0.644. The van der Waals surface area contributed by atoms with Crippen molar-refractivity contribution in [2.75, 3.05) is 0 Å². The molecular weight excluding hydrogens is 286 g/mol. The minimum Gasteiger partial charge on any atom is -0.506 e. The van der Waals surface area contributed by atoms with Crippen molar-refractivity contribution in [3.8, 4) is 5.75 Å². The molecule has 0 aromatic heterocycles. The number of phenolic OH excluding ortho intramolecular Hbond substituents is 1. The molecule has 0 aliphatic heterocycles.